The maximum absolute atomic E-state index is 11.2. The van der Waals surface area contributed by atoms with Gasteiger partial charge >= 0.3 is 0 Å². The summed E-state index contributed by atoms with van der Waals surface area (Å²) in [7, 11) is 0. The van der Waals surface area contributed by atoms with Crippen LogP contribution in [-0.2, 0) is 4.79 Å². The summed E-state index contributed by atoms with van der Waals surface area (Å²) in [4.78, 5) is 11.2. The van der Waals surface area contributed by atoms with Crippen LogP contribution in [0.25, 0.3) is 0 Å². The van der Waals surface area contributed by atoms with Crippen molar-refractivity contribution in [3.8, 4) is 0 Å². The minimum Gasteiger partial charge on any atom is -0.353 e. The Morgan fingerprint density at radius 2 is 2.17 bits per heavy atom. The average molecular weight is 167 g/mol. The normalized spacial score (nSPS) is 17.7. The standard InChI is InChI=1S/C10H17NO/c1-2-7-11-10(12)8-9-5-3-4-6-9/h2,9H,1,3-8H2,(H,11,12). The van der Waals surface area contributed by atoms with Gasteiger partial charge in [0.15, 0.2) is 0 Å². The molecule has 0 heterocycles. The van der Waals surface area contributed by atoms with Gasteiger partial charge < -0.3 is 5.32 Å². The molecular weight excluding hydrogens is 150 g/mol. The van der Waals surface area contributed by atoms with Gasteiger partial charge in [0, 0.05) is 13.0 Å². The van der Waals surface area contributed by atoms with Crippen LogP contribution in [0.15, 0.2) is 12.7 Å². The van der Waals surface area contributed by atoms with Crippen molar-refractivity contribution in [1.29, 1.82) is 0 Å². The summed E-state index contributed by atoms with van der Waals surface area (Å²) < 4.78 is 0. The maximum Gasteiger partial charge on any atom is 0.220 e. The Kier molecular flexibility index (Phi) is 3.85. The van der Waals surface area contributed by atoms with Crippen LogP contribution in [0.5, 0.6) is 0 Å². The van der Waals surface area contributed by atoms with Crippen molar-refractivity contribution in [3.05, 3.63) is 12.7 Å². The van der Waals surface area contributed by atoms with E-state index in [2.05, 4.69) is 11.9 Å². The minimum absolute atomic E-state index is 0.182. The summed E-state index contributed by atoms with van der Waals surface area (Å²) in [5.74, 6) is 0.830. The van der Waals surface area contributed by atoms with E-state index in [0.717, 1.165) is 0 Å². The molecule has 1 aliphatic carbocycles. The van der Waals surface area contributed by atoms with Crippen molar-refractivity contribution >= 4 is 5.91 Å². The summed E-state index contributed by atoms with van der Waals surface area (Å²) in [6.07, 6.45) is 7.52. The smallest absolute Gasteiger partial charge is 0.220 e. The SMILES string of the molecule is C=CCNC(=O)CC1CCCC1. The molecular formula is C10H17NO. The minimum atomic E-state index is 0.182. The van der Waals surface area contributed by atoms with E-state index in [1.54, 1.807) is 6.08 Å². The Morgan fingerprint density at radius 1 is 1.50 bits per heavy atom. The lowest BCUT2D eigenvalue weighted by Crippen LogP contribution is -2.24. The molecule has 1 amide bonds. The number of hydrogen-bond acceptors (Lipinski definition) is 1. The van der Waals surface area contributed by atoms with Gasteiger partial charge in [0.25, 0.3) is 0 Å². The molecule has 0 spiro atoms. The maximum atomic E-state index is 11.2. The van der Waals surface area contributed by atoms with Crippen LogP contribution in [0, 0.1) is 5.92 Å². The van der Waals surface area contributed by atoms with E-state index in [1.807, 2.05) is 0 Å². The first-order valence-corrected chi connectivity index (χ1v) is 4.70. The van der Waals surface area contributed by atoms with Crippen LogP contribution in [0.3, 0.4) is 0 Å². The molecule has 1 aliphatic rings. The molecule has 12 heavy (non-hydrogen) atoms. The van der Waals surface area contributed by atoms with E-state index in [9.17, 15) is 4.79 Å². The van der Waals surface area contributed by atoms with Crippen LogP contribution in [-0.4, -0.2) is 12.5 Å². The van der Waals surface area contributed by atoms with E-state index in [-0.39, 0.29) is 5.91 Å². The second kappa shape index (κ2) is 4.96. The van der Waals surface area contributed by atoms with Crippen molar-refractivity contribution in [3.63, 3.8) is 0 Å². The Morgan fingerprint density at radius 3 is 2.75 bits per heavy atom. The zero-order valence-electron chi connectivity index (χ0n) is 7.51. The number of hydrogen-bond donors (Lipinski definition) is 1. The average Bonchev–Trinajstić information content (AvgIpc) is 2.53. The molecule has 0 atom stereocenters. The fourth-order valence-electron chi connectivity index (χ4n) is 1.73. The van der Waals surface area contributed by atoms with Crippen LogP contribution in [0.2, 0.25) is 0 Å². The quantitative estimate of drug-likeness (QED) is 0.636. The lowest BCUT2D eigenvalue weighted by atomic mass is 10.0. The number of carbonyl (C=O) groups excluding carboxylic acids is 1. The van der Waals surface area contributed by atoms with Gasteiger partial charge in [0.05, 0.1) is 0 Å². The monoisotopic (exact) mass is 167 g/mol. The summed E-state index contributed by atoms with van der Waals surface area (Å²) in [5, 5.41) is 2.80. The molecule has 1 saturated carbocycles. The van der Waals surface area contributed by atoms with E-state index in [0.29, 0.717) is 18.9 Å². The van der Waals surface area contributed by atoms with Crippen LogP contribution < -0.4 is 5.32 Å². The zero-order valence-corrected chi connectivity index (χ0v) is 7.51. The Labute approximate surface area is 74.0 Å². The molecule has 68 valence electrons. The van der Waals surface area contributed by atoms with Crippen LogP contribution in [0.1, 0.15) is 32.1 Å². The molecule has 0 aliphatic heterocycles. The molecule has 0 unspecified atom stereocenters. The fourth-order valence-corrected chi connectivity index (χ4v) is 1.73. The number of carbonyl (C=O) groups is 1. The van der Waals surface area contributed by atoms with E-state index >= 15 is 0 Å². The molecule has 0 saturated heterocycles. The van der Waals surface area contributed by atoms with E-state index < -0.39 is 0 Å². The number of nitrogens with one attached hydrogen (secondary N) is 1. The van der Waals surface area contributed by atoms with Gasteiger partial charge in [-0.2, -0.15) is 0 Å². The molecule has 0 aromatic heterocycles. The Hall–Kier alpha value is -0.790. The summed E-state index contributed by atoms with van der Waals surface area (Å²) in [6, 6.07) is 0. The van der Waals surface area contributed by atoms with Crippen molar-refractivity contribution in [2.24, 2.45) is 5.92 Å². The first-order valence-electron chi connectivity index (χ1n) is 4.70. The topological polar surface area (TPSA) is 29.1 Å². The third-order valence-electron chi connectivity index (χ3n) is 2.39. The molecule has 1 fully saturated rings. The number of amides is 1. The summed E-state index contributed by atoms with van der Waals surface area (Å²) in [6.45, 7) is 4.15. The van der Waals surface area contributed by atoms with Crippen LogP contribution >= 0.6 is 0 Å². The van der Waals surface area contributed by atoms with Crippen molar-refractivity contribution in [1.82, 2.24) is 5.32 Å². The van der Waals surface area contributed by atoms with Crippen molar-refractivity contribution in [2.75, 3.05) is 6.54 Å². The first kappa shape index (κ1) is 9.30. The highest BCUT2D eigenvalue weighted by atomic mass is 16.1. The highest BCUT2D eigenvalue weighted by molar-refractivity contribution is 5.76. The summed E-state index contributed by atoms with van der Waals surface area (Å²) in [5.41, 5.74) is 0. The Bertz CT molecular complexity index is 159. The summed E-state index contributed by atoms with van der Waals surface area (Å²) >= 11 is 0. The molecule has 1 rings (SSSR count). The highest BCUT2D eigenvalue weighted by Crippen LogP contribution is 2.27. The van der Waals surface area contributed by atoms with Gasteiger partial charge in [0.2, 0.25) is 5.91 Å². The first-order chi connectivity index (χ1) is 5.83. The predicted octanol–water partition coefficient (Wildman–Crippen LogP) is 1.87. The predicted molar refractivity (Wildman–Crippen MR) is 49.8 cm³/mol. The van der Waals surface area contributed by atoms with Crippen molar-refractivity contribution < 1.29 is 4.79 Å². The largest absolute Gasteiger partial charge is 0.353 e. The molecule has 2 nitrogen and oxygen atoms in total. The third kappa shape index (κ3) is 3.07. The van der Waals surface area contributed by atoms with Gasteiger partial charge in [0.1, 0.15) is 0 Å². The lowest BCUT2D eigenvalue weighted by Gasteiger charge is -2.07. The third-order valence-corrected chi connectivity index (χ3v) is 2.39. The lowest BCUT2D eigenvalue weighted by molar-refractivity contribution is -0.121. The zero-order chi connectivity index (χ0) is 8.81. The fraction of sp³-hybridized carbons (Fsp3) is 0.700. The van der Waals surface area contributed by atoms with Gasteiger partial charge in [-0.25, -0.2) is 0 Å². The molecule has 1 N–H and O–H groups in total. The highest BCUT2D eigenvalue weighted by Gasteiger charge is 2.17. The van der Waals surface area contributed by atoms with Gasteiger partial charge in [-0.3, -0.25) is 4.79 Å². The number of rotatable bonds is 4. The molecule has 0 aromatic rings. The molecule has 0 aromatic carbocycles. The van der Waals surface area contributed by atoms with Crippen LogP contribution in [0.4, 0.5) is 0 Å². The Balaban J connectivity index is 2.11. The molecule has 0 bridgehead atoms. The van der Waals surface area contributed by atoms with Gasteiger partial charge in [-0.15, -0.1) is 6.58 Å². The van der Waals surface area contributed by atoms with E-state index in [4.69, 9.17) is 0 Å². The second-order valence-electron chi connectivity index (χ2n) is 3.45. The van der Waals surface area contributed by atoms with Gasteiger partial charge in [-0.05, 0) is 18.8 Å². The molecule has 0 radical (unpaired) electrons. The van der Waals surface area contributed by atoms with Gasteiger partial charge in [-0.1, -0.05) is 18.9 Å². The van der Waals surface area contributed by atoms with E-state index in [1.165, 1.54) is 25.7 Å². The van der Waals surface area contributed by atoms with Crippen molar-refractivity contribution in [2.45, 2.75) is 32.1 Å². The second-order valence-corrected chi connectivity index (χ2v) is 3.45. The molecule has 2 heteroatoms.